The molecule has 27 heavy (non-hydrogen) atoms. The molecule has 0 aliphatic heterocycles. The van der Waals surface area contributed by atoms with Crippen molar-refractivity contribution in [3.63, 3.8) is 0 Å². The highest BCUT2D eigenvalue weighted by Gasteiger charge is 2.21. The molecule has 0 unspecified atom stereocenters. The van der Waals surface area contributed by atoms with Gasteiger partial charge in [-0.05, 0) is 37.8 Å². The van der Waals surface area contributed by atoms with E-state index >= 15 is 0 Å². The van der Waals surface area contributed by atoms with Gasteiger partial charge in [0.05, 0.1) is 10.6 Å². The van der Waals surface area contributed by atoms with E-state index in [0.717, 1.165) is 25.7 Å². The van der Waals surface area contributed by atoms with Crippen LogP contribution in [0.2, 0.25) is 0 Å². The second-order valence-electron chi connectivity index (χ2n) is 6.81. The van der Waals surface area contributed by atoms with Crippen LogP contribution in [0.15, 0.2) is 53.7 Å². The van der Waals surface area contributed by atoms with Crippen LogP contribution in [0.25, 0.3) is 5.65 Å². The smallest absolute Gasteiger partial charge is 0.262 e. The molecule has 8 nitrogen and oxygen atoms in total. The highest BCUT2D eigenvalue weighted by molar-refractivity contribution is 7.92. The third-order valence-corrected chi connectivity index (χ3v) is 6.16. The molecular weight excluding hydrogens is 364 g/mol. The molecule has 4 rings (SSSR count). The van der Waals surface area contributed by atoms with Crippen LogP contribution < -0.4 is 15.8 Å². The zero-order valence-electron chi connectivity index (χ0n) is 14.7. The molecular formula is C18H22N6O2S. The van der Waals surface area contributed by atoms with Gasteiger partial charge in [-0.15, -0.1) is 5.10 Å². The van der Waals surface area contributed by atoms with Gasteiger partial charge in [0.25, 0.3) is 10.0 Å². The maximum atomic E-state index is 12.7. The first-order valence-corrected chi connectivity index (χ1v) is 10.4. The number of nitrogens with zero attached hydrogens (tertiary/aromatic N) is 3. The van der Waals surface area contributed by atoms with E-state index in [1.54, 1.807) is 53.3 Å². The van der Waals surface area contributed by atoms with Gasteiger partial charge in [-0.2, -0.15) is 0 Å². The van der Waals surface area contributed by atoms with Gasteiger partial charge < -0.3 is 11.1 Å². The highest BCUT2D eigenvalue weighted by Crippen LogP contribution is 2.25. The summed E-state index contributed by atoms with van der Waals surface area (Å²) in [5.41, 5.74) is 6.80. The van der Waals surface area contributed by atoms with Crippen molar-refractivity contribution >= 4 is 27.2 Å². The summed E-state index contributed by atoms with van der Waals surface area (Å²) in [5, 5.41) is 7.89. The number of nitrogens with one attached hydrogen (secondary N) is 2. The highest BCUT2D eigenvalue weighted by atomic mass is 32.2. The first-order chi connectivity index (χ1) is 13.0. The molecule has 0 atom stereocenters. The lowest BCUT2D eigenvalue weighted by Gasteiger charge is -2.27. The van der Waals surface area contributed by atoms with Crippen LogP contribution in [0.5, 0.6) is 0 Å². The topological polar surface area (TPSA) is 114 Å². The number of fused-ring (bicyclic) bond motifs is 1. The Bertz CT molecular complexity index is 1030. The quantitative estimate of drug-likeness (QED) is 0.619. The van der Waals surface area contributed by atoms with Crippen LogP contribution in [0.4, 0.5) is 11.5 Å². The fourth-order valence-corrected chi connectivity index (χ4v) is 4.41. The number of sulfonamides is 1. The molecule has 142 valence electrons. The maximum Gasteiger partial charge on any atom is 0.262 e. The van der Waals surface area contributed by atoms with Gasteiger partial charge >= 0.3 is 0 Å². The van der Waals surface area contributed by atoms with Crippen LogP contribution in [0, 0.1) is 0 Å². The molecule has 2 aromatic heterocycles. The van der Waals surface area contributed by atoms with E-state index in [0.29, 0.717) is 17.2 Å². The molecule has 3 aromatic rings. The van der Waals surface area contributed by atoms with Gasteiger partial charge in [-0.25, -0.2) is 17.9 Å². The largest absolute Gasteiger partial charge is 0.366 e. The fourth-order valence-electron chi connectivity index (χ4n) is 3.34. The van der Waals surface area contributed by atoms with Crippen molar-refractivity contribution in [3.8, 4) is 0 Å². The lowest BCUT2D eigenvalue weighted by molar-refractivity contribution is 0.410. The molecule has 0 bridgehead atoms. The zero-order valence-corrected chi connectivity index (χ0v) is 15.6. The Morgan fingerprint density at radius 2 is 1.85 bits per heavy atom. The average molecular weight is 386 g/mol. The summed E-state index contributed by atoms with van der Waals surface area (Å²) in [5.74, 6) is 0.603. The van der Waals surface area contributed by atoms with Gasteiger partial charge in [-0.3, -0.25) is 4.72 Å². The van der Waals surface area contributed by atoms with Gasteiger partial charge in [0.1, 0.15) is 5.82 Å². The van der Waals surface area contributed by atoms with Gasteiger partial charge in [0, 0.05) is 30.5 Å². The summed E-state index contributed by atoms with van der Waals surface area (Å²) in [6, 6.07) is 10.5. The van der Waals surface area contributed by atoms with E-state index in [1.165, 1.54) is 0 Å². The van der Waals surface area contributed by atoms with Gasteiger partial charge in [0.2, 0.25) is 0 Å². The molecule has 1 aliphatic carbocycles. The van der Waals surface area contributed by atoms with Crippen molar-refractivity contribution < 1.29 is 8.42 Å². The van der Waals surface area contributed by atoms with Crippen molar-refractivity contribution in [2.24, 2.45) is 5.73 Å². The van der Waals surface area contributed by atoms with Crippen molar-refractivity contribution in [1.29, 1.82) is 0 Å². The van der Waals surface area contributed by atoms with E-state index in [1.807, 2.05) is 0 Å². The standard InChI is InChI=1S/C18H22N6O2S/c19-13-6-8-14(9-7-13)21-17-12-16(18-20-10-11-24(18)22-17)23-27(25,26)15-4-2-1-3-5-15/h1-5,10-14,23H,6-9,19H2,(H,21,22). The molecule has 9 heteroatoms. The fraction of sp³-hybridized carbons (Fsp3) is 0.333. The SMILES string of the molecule is NC1CCC(Nc2cc(NS(=O)(=O)c3ccccc3)c3nccn3n2)CC1. The lowest BCUT2D eigenvalue weighted by Crippen LogP contribution is -2.33. The third-order valence-electron chi connectivity index (χ3n) is 4.78. The monoisotopic (exact) mass is 386 g/mol. The number of nitrogens with two attached hydrogens (primary N) is 1. The second-order valence-corrected chi connectivity index (χ2v) is 8.50. The molecule has 1 aliphatic rings. The molecule has 4 N–H and O–H groups in total. The van der Waals surface area contributed by atoms with Crippen LogP contribution in [-0.4, -0.2) is 35.1 Å². The van der Waals surface area contributed by atoms with Crippen LogP contribution in [0.3, 0.4) is 0 Å². The number of anilines is 2. The third kappa shape index (κ3) is 3.88. The van der Waals surface area contributed by atoms with E-state index in [2.05, 4.69) is 20.1 Å². The minimum atomic E-state index is -3.72. The van der Waals surface area contributed by atoms with Crippen LogP contribution in [-0.2, 0) is 10.0 Å². The Morgan fingerprint density at radius 3 is 2.59 bits per heavy atom. The summed E-state index contributed by atoms with van der Waals surface area (Å²) in [7, 11) is -3.72. The molecule has 0 saturated heterocycles. The summed E-state index contributed by atoms with van der Waals surface area (Å²) < 4.78 is 29.6. The molecule has 1 aromatic carbocycles. The van der Waals surface area contributed by atoms with Gasteiger partial charge in [0.15, 0.2) is 5.65 Å². The predicted molar refractivity (Wildman–Crippen MR) is 104 cm³/mol. The normalized spacial score (nSPS) is 20.5. The number of aromatic nitrogens is 3. The summed E-state index contributed by atoms with van der Waals surface area (Å²) in [6.07, 6.45) is 7.16. The average Bonchev–Trinajstić information content (AvgIpc) is 3.13. The Kier molecular flexibility index (Phi) is 4.71. The minimum Gasteiger partial charge on any atom is -0.366 e. The molecule has 0 radical (unpaired) electrons. The number of benzene rings is 1. The van der Waals surface area contributed by atoms with E-state index in [9.17, 15) is 8.42 Å². The molecule has 2 heterocycles. The molecule has 1 fully saturated rings. The van der Waals surface area contributed by atoms with Crippen molar-refractivity contribution in [2.45, 2.75) is 42.7 Å². The summed E-state index contributed by atoms with van der Waals surface area (Å²) >= 11 is 0. The number of hydrogen-bond donors (Lipinski definition) is 3. The van der Waals surface area contributed by atoms with E-state index < -0.39 is 10.0 Å². The lowest BCUT2D eigenvalue weighted by atomic mass is 9.92. The van der Waals surface area contributed by atoms with Crippen LogP contribution in [0.1, 0.15) is 25.7 Å². The summed E-state index contributed by atoms with van der Waals surface area (Å²) in [6.45, 7) is 0. The molecule has 0 spiro atoms. The summed E-state index contributed by atoms with van der Waals surface area (Å²) in [4.78, 5) is 4.42. The number of hydrogen-bond acceptors (Lipinski definition) is 6. The molecule has 0 amide bonds. The zero-order chi connectivity index (χ0) is 18.9. The molecule has 1 saturated carbocycles. The Labute approximate surface area is 157 Å². The first-order valence-electron chi connectivity index (χ1n) is 8.96. The van der Waals surface area contributed by atoms with Crippen molar-refractivity contribution in [2.75, 3.05) is 10.0 Å². The Morgan fingerprint density at radius 1 is 1.11 bits per heavy atom. The second kappa shape index (κ2) is 7.16. The van der Waals surface area contributed by atoms with Crippen molar-refractivity contribution in [3.05, 3.63) is 48.8 Å². The predicted octanol–water partition coefficient (Wildman–Crippen LogP) is 2.21. The van der Waals surface area contributed by atoms with Gasteiger partial charge in [-0.1, -0.05) is 18.2 Å². The Balaban J connectivity index is 1.63. The first kappa shape index (κ1) is 17.7. The van der Waals surface area contributed by atoms with Crippen molar-refractivity contribution in [1.82, 2.24) is 14.6 Å². The number of rotatable bonds is 5. The maximum absolute atomic E-state index is 12.7. The van der Waals surface area contributed by atoms with E-state index in [4.69, 9.17) is 5.73 Å². The van der Waals surface area contributed by atoms with E-state index in [-0.39, 0.29) is 17.0 Å². The Hall–Kier alpha value is -2.65. The minimum absolute atomic E-state index is 0.197. The number of imidazole rings is 1. The van der Waals surface area contributed by atoms with Crippen LogP contribution >= 0.6 is 0 Å².